The average Bonchev–Trinajstić information content (AvgIpc) is 2.90. The maximum absolute atomic E-state index is 12.8. The SMILES string of the molecule is CC1CN(c2ccc(C#N)c3ncccc23)CCN1CC(=O)Nc1ccc(N2CCNCC2)cc1. The van der Waals surface area contributed by atoms with Crippen LogP contribution in [0.1, 0.15) is 12.5 Å². The maximum atomic E-state index is 12.8. The molecule has 1 unspecified atom stereocenters. The molecule has 3 aromatic rings. The Hall–Kier alpha value is -3.67. The lowest BCUT2D eigenvalue weighted by Crippen LogP contribution is -2.53. The number of piperazine rings is 2. The van der Waals surface area contributed by atoms with E-state index < -0.39 is 0 Å². The van der Waals surface area contributed by atoms with Crippen molar-refractivity contribution in [3.8, 4) is 6.07 Å². The van der Waals surface area contributed by atoms with E-state index in [9.17, 15) is 10.1 Å². The Balaban J connectivity index is 1.19. The van der Waals surface area contributed by atoms with Crippen molar-refractivity contribution in [1.82, 2.24) is 15.2 Å². The molecule has 0 radical (unpaired) electrons. The zero-order chi connectivity index (χ0) is 24.2. The predicted molar refractivity (Wildman–Crippen MR) is 140 cm³/mol. The van der Waals surface area contributed by atoms with Gasteiger partial charge in [-0.1, -0.05) is 0 Å². The van der Waals surface area contributed by atoms with Crippen LogP contribution < -0.4 is 20.4 Å². The van der Waals surface area contributed by atoms with Gasteiger partial charge in [-0.05, 0) is 55.5 Å². The van der Waals surface area contributed by atoms with E-state index in [4.69, 9.17) is 0 Å². The second-order valence-electron chi connectivity index (χ2n) is 9.24. The van der Waals surface area contributed by atoms with Crippen molar-refractivity contribution >= 4 is 33.9 Å². The summed E-state index contributed by atoms with van der Waals surface area (Å²) in [6.45, 7) is 8.95. The molecule has 2 saturated heterocycles. The molecule has 1 aromatic heterocycles. The third-order valence-corrected chi connectivity index (χ3v) is 6.95. The van der Waals surface area contributed by atoms with Gasteiger partial charge in [-0.2, -0.15) is 5.26 Å². The van der Waals surface area contributed by atoms with E-state index in [1.807, 2.05) is 36.4 Å². The highest BCUT2D eigenvalue weighted by molar-refractivity contribution is 5.95. The molecule has 5 rings (SSSR count). The van der Waals surface area contributed by atoms with Gasteiger partial charge in [-0.3, -0.25) is 14.7 Å². The number of rotatable bonds is 5. The molecule has 0 bridgehead atoms. The van der Waals surface area contributed by atoms with Gasteiger partial charge < -0.3 is 20.4 Å². The molecule has 35 heavy (non-hydrogen) atoms. The fraction of sp³-hybridized carbons (Fsp3) is 0.370. The highest BCUT2D eigenvalue weighted by atomic mass is 16.2. The van der Waals surface area contributed by atoms with Crippen molar-refractivity contribution in [2.24, 2.45) is 0 Å². The van der Waals surface area contributed by atoms with Crippen LogP contribution in [0.4, 0.5) is 17.1 Å². The van der Waals surface area contributed by atoms with Crippen molar-refractivity contribution < 1.29 is 4.79 Å². The fourth-order valence-corrected chi connectivity index (χ4v) is 5.04. The number of hydrogen-bond donors (Lipinski definition) is 2. The molecule has 180 valence electrons. The van der Waals surface area contributed by atoms with Crippen molar-refractivity contribution in [3.05, 3.63) is 60.3 Å². The Morgan fingerprint density at radius 3 is 2.63 bits per heavy atom. The number of aromatic nitrogens is 1. The van der Waals surface area contributed by atoms with Gasteiger partial charge in [0.15, 0.2) is 0 Å². The van der Waals surface area contributed by atoms with Crippen LogP contribution >= 0.6 is 0 Å². The molecule has 2 N–H and O–H groups in total. The third-order valence-electron chi connectivity index (χ3n) is 6.95. The fourth-order valence-electron chi connectivity index (χ4n) is 5.04. The molecule has 2 aliphatic heterocycles. The average molecular weight is 470 g/mol. The molecule has 8 nitrogen and oxygen atoms in total. The number of benzene rings is 2. The number of carbonyl (C=O) groups excluding carboxylic acids is 1. The van der Waals surface area contributed by atoms with Crippen LogP contribution in [0.2, 0.25) is 0 Å². The highest BCUT2D eigenvalue weighted by Crippen LogP contribution is 2.29. The van der Waals surface area contributed by atoms with Crippen molar-refractivity contribution in [1.29, 1.82) is 5.26 Å². The minimum Gasteiger partial charge on any atom is -0.369 e. The van der Waals surface area contributed by atoms with E-state index in [-0.39, 0.29) is 11.9 Å². The molecule has 0 aliphatic carbocycles. The van der Waals surface area contributed by atoms with Crippen molar-refractivity contribution in [3.63, 3.8) is 0 Å². The number of anilines is 3. The van der Waals surface area contributed by atoms with Gasteiger partial charge in [-0.25, -0.2) is 0 Å². The molecule has 1 atom stereocenters. The number of hydrogen-bond acceptors (Lipinski definition) is 7. The van der Waals surface area contributed by atoms with Crippen LogP contribution in [0, 0.1) is 11.3 Å². The summed E-state index contributed by atoms with van der Waals surface area (Å²) in [5.74, 6) is 0.00763. The number of nitriles is 1. The lowest BCUT2D eigenvalue weighted by molar-refractivity contribution is -0.117. The Kier molecular flexibility index (Phi) is 6.80. The van der Waals surface area contributed by atoms with Gasteiger partial charge in [0.05, 0.1) is 17.6 Å². The second-order valence-corrected chi connectivity index (χ2v) is 9.24. The Bertz CT molecular complexity index is 1230. The topological polar surface area (TPSA) is 87.5 Å². The first kappa shape index (κ1) is 23.1. The lowest BCUT2D eigenvalue weighted by atomic mass is 10.1. The van der Waals surface area contributed by atoms with Gasteiger partial charge in [-0.15, -0.1) is 0 Å². The van der Waals surface area contributed by atoms with Crippen LogP contribution in [0.15, 0.2) is 54.7 Å². The summed E-state index contributed by atoms with van der Waals surface area (Å²) in [5.41, 5.74) is 4.45. The monoisotopic (exact) mass is 469 g/mol. The van der Waals surface area contributed by atoms with E-state index in [0.29, 0.717) is 12.1 Å². The first-order valence-electron chi connectivity index (χ1n) is 12.2. The highest BCUT2D eigenvalue weighted by Gasteiger charge is 2.26. The molecule has 0 spiro atoms. The summed E-state index contributed by atoms with van der Waals surface area (Å²) < 4.78 is 0. The number of amides is 1. The smallest absolute Gasteiger partial charge is 0.238 e. The van der Waals surface area contributed by atoms with Crippen LogP contribution in [0.3, 0.4) is 0 Å². The summed E-state index contributed by atoms with van der Waals surface area (Å²) in [4.78, 5) is 24.1. The number of nitrogens with one attached hydrogen (secondary N) is 2. The number of pyridine rings is 1. The van der Waals surface area contributed by atoms with Gasteiger partial charge in [0.2, 0.25) is 5.91 Å². The Morgan fingerprint density at radius 2 is 1.89 bits per heavy atom. The van der Waals surface area contributed by atoms with Gasteiger partial charge in [0, 0.05) is 80.5 Å². The molecular formula is C27H31N7O. The molecular weight excluding hydrogens is 438 g/mol. The molecule has 3 heterocycles. The summed E-state index contributed by atoms with van der Waals surface area (Å²) in [5, 5.41) is 16.8. The van der Waals surface area contributed by atoms with E-state index >= 15 is 0 Å². The molecule has 2 aromatic carbocycles. The normalized spacial score (nSPS) is 18.9. The minimum absolute atomic E-state index is 0.00763. The Labute approximate surface area is 206 Å². The van der Waals surface area contributed by atoms with E-state index in [1.165, 1.54) is 5.69 Å². The summed E-state index contributed by atoms with van der Waals surface area (Å²) in [6, 6.07) is 18.4. The summed E-state index contributed by atoms with van der Waals surface area (Å²) in [7, 11) is 0. The van der Waals surface area contributed by atoms with Crippen molar-refractivity contribution in [2.75, 3.05) is 67.5 Å². The van der Waals surface area contributed by atoms with E-state index in [2.05, 4.69) is 55.4 Å². The zero-order valence-electron chi connectivity index (χ0n) is 20.1. The minimum atomic E-state index is 0.00763. The molecule has 2 aliphatic rings. The predicted octanol–water partition coefficient (Wildman–Crippen LogP) is 2.67. The first-order valence-corrected chi connectivity index (χ1v) is 12.2. The third kappa shape index (κ3) is 5.06. The first-order chi connectivity index (χ1) is 17.1. The van der Waals surface area contributed by atoms with Crippen LogP contribution in [0.5, 0.6) is 0 Å². The largest absolute Gasteiger partial charge is 0.369 e. The Morgan fingerprint density at radius 1 is 1.09 bits per heavy atom. The van der Waals surface area contributed by atoms with Crippen LogP contribution in [0.25, 0.3) is 10.9 Å². The van der Waals surface area contributed by atoms with Crippen LogP contribution in [-0.2, 0) is 4.79 Å². The number of nitrogens with zero attached hydrogens (tertiary/aromatic N) is 5. The van der Waals surface area contributed by atoms with Crippen LogP contribution in [-0.4, -0.2) is 74.2 Å². The molecule has 2 fully saturated rings. The summed E-state index contributed by atoms with van der Waals surface area (Å²) in [6.07, 6.45) is 1.73. The molecule has 1 amide bonds. The quantitative estimate of drug-likeness (QED) is 0.594. The maximum Gasteiger partial charge on any atom is 0.238 e. The van der Waals surface area contributed by atoms with E-state index in [0.717, 1.165) is 68.1 Å². The van der Waals surface area contributed by atoms with Crippen molar-refractivity contribution in [2.45, 2.75) is 13.0 Å². The summed E-state index contributed by atoms with van der Waals surface area (Å²) >= 11 is 0. The van der Waals surface area contributed by atoms with E-state index in [1.54, 1.807) is 6.20 Å². The lowest BCUT2D eigenvalue weighted by Gasteiger charge is -2.41. The number of fused-ring (bicyclic) bond motifs is 1. The van der Waals surface area contributed by atoms with Gasteiger partial charge >= 0.3 is 0 Å². The van der Waals surface area contributed by atoms with Gasteiger partial charge in [0.1, 0.15) is 6.07 Å². The van der Waals surface area contributed by atoms with Gasteiger partial charge in [0.25, 0.3) is 0 Å². The standard InChI is InChI=1S/C27H31N7O/c1-20-18-34(25-9-4-21(17-28)27-24(25)3-2-10-30-27)16-15-33(20)19-26(35)31-22-5-7-23(8-6-22)32-13-11-29-12-14-32/h2-10,20,29H,11-16,18-19H2,1H3,(H,31,35). The molecule has 8 heteroatoms. The number of carbonyl (C=O) groups is 1. The zero-order valence-corrected chi connectivity index (χ0v) is 20.1. The second kappa shape index (κ2) is 10.3. The molecule has 0 saturated carbocycles.